The lowest BCUT2D eigenvalue weighted by Crippen LogP contribution is -2.37. The minimum atomic E-state index is -1.24. The number of ether oxygens (including phenoxy) is 1. The van der Waals surface area contributed by atoms with Crippen molar-refractivity contribution in [1.29, 1.82) is 0 Å². The van der Waals surface area contributed by atoms with Crippen molar-refractivity contribution < 1.29 is 9.53 Å². The number of benzene rings is 1. The maximum Gasteiger partial charge on any atom is 0.407 e. The Kier molecular flexibility index (Phi) is 4.79. The van der Waals surface area contributed by atoms with Crippen molar-refractivity contribution in [3.63, 3.8) is 0 Å². The molecule has 0 atom stereocenters. The lowest BCUT2D eigenvalue weighted by atomic mass is 10.2. The van der Waals surface area contributed by atoms with Gasteiger partial charge in [0.15, 0.2) is 0 Å². The van der Waals surface area contributed by atoms with Gasteiger partial charge in [0, 0.05) is 6.54 Å². The summed E-state index contributed by atoms with van der Waals surface area (Å²) in [5.74, 6) is 0. The molecule has 0 saturated heterocycles. The number of carbonyl (C=O) groups is 1. The molecule has 0 spiro atoms. The lowest BCUT2D eigenvalue weighted by molar-refractivity contribution is 0.0523. The molecule has 1 rings (SSSR count). The van der Waals surface area contributed by atoms with Crippen LogP contribution < -0.4 is 10.5 Å². The second-order valence-electron chi connectivity index (χ2n) is 6.80. The van der Waals surface area contributed by atoms with Crippen LogP contribution in [0.4, 0.5) is 4.79 Å². The molecule has 1 N–H and O–H groups in total. The summed E-state index contributed by atoms with van der Waals surface area (Å²) >= 11 is 0. The molecular weight excluding hydrogens is 254 g/mol. The summed E-state index contributed by atoms with van der Waals surface area (Å²) in [4.78, 5) is 11.5. The van der Waals surface area contributed by atoms with E-state index in [1.54, 1.807) is 0 Å². The molecule has 1 aromatic carbocycles. The van der Waals surface area contributed by atoms with Crippen molar-refractivity contribution >= 4 is 19.4 Å². The van der Waals surface area contributed by atoms with Crippen LogP contribution in [0.1, 0.15) is 26.3 Å². The molecule has 106 valence electrons. The van der Waals surface area contributed by atoms with Crippen LogP contribution in [0.2, 0.25) is 19.6 Å². The fourth-order valence-corrected chi connectivity index (χ4v) is 2.78. The first-order chi connectivity index (χ1) is 8.58. The average Bonchev–Trinajstić information content (AvgIpc) is 2.23. The zero-order chi connectivity index (χ0) is 14.7. The van der Waals surface area contributed by atoms with Gasteiger partial charge >= 0.3 is 6.09 Å². The largest absolute Gasteiger partial charge is 0.444 e. The van der Waals surface area contributed by atoms with Gasteiger partial charge in [-0.2, -0.15) is 0 Å². The number of rotatable bonds is 3. The first-order valence-corrected chi connectivity index (χ1v) is 10.1. The van der Waals surface area contributed by atoms with E-state index in [1.807, 2.05) is 20.8 Å². The normalized spacial score (nSPS) is 12.1. The van der Waals surface area contributed by atoms with Crippen LogP contribution in [0.25, 0.3) is 0 Å². The van der Waals surface area contributed by atoms with Gasteiger partial charge in [-0.3, -0.25) is 0 Å². The van der Waals surface area contributed by atoms with Gasteiger partial charge in [0.05, 0.1) is 8.07 Å². The highest BCUT2D eigenvalue weighted by Gasteiger charge is 2.17. The molecule has 0 saturated carbocycles. The number of hydrogen-bond acceptors (Lipinski definition) is 2. The highest BCUT2D eigenvalue weighted by Crippen LogP contribution is 2.07. The van der Waals surface area contributed by atoms with Crippen molar-refractivity contribution in [1.82, 2.24) is 5.32 Å². The molecule has 0 radical (unpaired) electrons. The highest BCUT2D eigenvalue weighted by molar-refractivity contribution is 6.88. The van der Waals surface area contributed by atoms with Crippen molar-refractivity contribution in [3.05, 3.63) is 29.8 Å². The third kappa shape index (κ3) is 5.92. The Morgan fingerprint density at radius 3 is 2.11 bits per heavy atom. The number of amides is 1. The number of nitrogens with one attached hydrogen (secondary N) is 1. The van der Waals surface area contributed by atoms with Crippen LogP contribution >= 0.6 is 0 Å². The van der Waals surface area contributed by atoms with E-state index < -0.39 is 13.7 Å². The van der Waals surface area contributed by atoms with E-state index in [1.165, 1.54) is 5.19 Å². The first-order valence-electron chi connectivity index (χ1n) is 6.64. The predicted molar refractivity (Wildman–Crippen MR) is 82.5 cm³/mol. The molecule has 0 fully saturated rings. The summed E-state index contributed by atoms with van der Waals surface area (Å²) in [6.45, 7) is 13.0. The zero-order valence-corrected chi connectivity index (χ0v) is 13.8. The summed E-state index contributed by atoms with van der Waals surface area (Å²) < 4.78 is 5.19. The van der Waals surface area contributed by atoms with Gasteiger partial charge in [0.25, 0.3) is 0 Å². The van der Waals surface area contributed by atoms with E-state index >= 15 is 0 Å². The molecule has 4 heteroatoms. The topological polar surface area (TPSA) is 38.3 Å². The molecule has 1 amide bonds. The van der Waals surface area contributed by atoms with E-state index in [2.05, 4.69) is 49.2 Å². The molecule has 1 aromatic rings. The number of hydrogen-bond donors (Lipinski definition) is 1. The van der Waals surface area contributed by atoms with Gasteiger partial charge in [-0.05, 0) is 26.3 Å². The van der Waals surface area contributed by atoms with Crippen LogP contribution in [0.5, 0.6) is 0 Å². The van der Waals surface area contributed by atoms with Gasteiger partial charge in [-0.15, -0.1) is 0 Å². The molecule has 3 nitrogen and oxygen atoms in total. The van der Waals surface area contributed by atoms with Crippen LogP contribution in [0, 0.1) is 0 Å². The van der Waals surface area contributed by atoms with Gasteiger partial charge in [0.1, 0.15) is 5.60 Å². The van der Waals surface area contributed by atoms with Crippen LogP contribution in [-0.2, 0) is 11.3 Å². The molecular formula is C15H25NO2Si. The van der Waals surface area contributed by atoms with Crippen LogP contribution in [0.3, 0.4) is 0 Å². The van der Waals surface area contributed by atoms with E-state index in [9.17, 15) is 4.79 Å². The van der Waals surface area contributed by atoms with Gasteiger partial charge in [-0.1, -0.05) is 49.1 Å². The Labute approximate surface area is 117 Å². The Balaban J connectivity index is 2.53. The van der Waals surface area contributed by atoms with E-state index in [-0.39, 0.29) is 6.09 Å². The lowest BCUT2D eigenvalue weighted by Gasteiger charge is -2.20. The van der Waals surface area contributed by atoms with E-state index in [0.717, 1.165) is 5.56 Å². The fraction of sp³-hybridized carbons (Fsp3) is 0.533. The summed E-state index contributed by atoms with van der Waals surface area (Å²) in [5.41, 5.74) is 0.638. The maximum atomic E-state index is 11.5. The molecule has 0 bridgehead atoms. The van der Waals surface area contributed by atoms with Gasteiger partial charge in [-0.25, -0.2) is 4.79 Å². The molecule has 0 aromatic heterocycles. The summed E-state index contributed by atoms with van der Waals surface area (Å²) in [6.07, 6.45) is -0.373. The van der Waals surface area contributed by atoms with Crippen molar-refractivity contribution in [2.45, 2.75) is 52.6 Å². The van der Waals surface area contributed by atoms with Gasteiger partial charge in [0.2, 0.25) is 0 Å². The molecule has 0 heterocycles. The Morgan fingerprint density at radius 1 is 1.16 bits per heavy atom. The minimum absolute atomic E-state index is 0.373. The Bertz CT molecular complexity index is 427. The summed E-state index contributed by atoms with van der Waals surface area (Å²) in [7, 11) is -1.24. The maximum absolute atomic E-state index is 11.5. The quantitative estimate of drug-likeness (QED) is 0.863. The smallest absolute Gasteiger partial charge is 0.407 e. The summed E-state index contributed by atoms with van der Waals surface area (Å²) in [6, 6.07) is 8.48. The standard InChI is InChI=1S/C15H25NO2Si/c1-15(2,3)18-14(17)16-11-12-7-9-13(10-8-12)19(4,5)6/h7-10H,11H2,1-6H3,(H,16,17). The fourth-order valence-electron chi connectivity index (χ4n) is 1.61. The van der Waals surface area contributed by atoms with E-state index in [4.69, 9.17) is 4.74 Å². The Hall–Kier alpha value is -1.29. The Morgan fingerprint density at radius 2 is 1.68 bits per heavy atom. The average molecular weight is 279 g/mol. The second-order valence-corrected chi connectivity index (χ2v) is 11.9. The first kappa shape index (κ1) is 15.8. The highest BCUT2D eigenvalue weighted by atomic mass is 28.3. The van der Waals surface area contributed by atoms with Crippen molar-refractivity contribution in [3.8, 4) is 0 Å². The molecule has 0 aliphatic rings. The summed E-state index contributed by atoms with van der Waals surface area (Å²) in [5, 5.41) is 4.19. The van der Waals surface area contributed by atoms with Crippen molar-refractivity contribution in [2.24, 2.45) is 0 Å². The number of carbonyl (C=O) groups excluding carboxylic acids is 1. The van der Waals surface area contributed by atoms with Crippen LogP contribution in [0.15, 0.2) is 24.3 Å². The van der Waals surface area contributed by atoms with Gasteiger partial charge < -0.3 is 10.1 Å². The minimum Gasteiger partial charge on any atom is -0.444 e. The van der Waals surface area contributed by atoms with Crippen molar-refractivity contribution in [2.75, 3.05) is 0 Å². The monoisotopic (exact) mass is 279 g/mol. The zero-order valence-electron chi connectivity index (χ0n) is 12.8. The second kappa shape index (κ2) is 5.78. The van der Waals surface area contributed by atoms with Crippen LogP contribution in [-0.4, -0.2) is 19.8 Å². The third-order valence-electron chi connectivity index (χ3n) is 2.66. The SMILES string of the molecule is CC(C)(C)OC(=O)NCc1ccc([Si](C)(C)C)cc1. The predicted octanol–water partition coefficient (Wildman–Crippen LogP) is 3.26. The number of alkyl carbamates (subject to hydrolysis) is 1. The molecule has 19 heavy (non-hydrogen) atoms. The molecule has 0 unspecified atom stereocenters. The third-order valence-corrected chi connectivity index (χ3v) is 4.72. The van der Waals surface area contributed by atoms with E-state index in [0.29, 0.717) is 6.54 Å². The molecule has 0 aliphatic heterocycles. The molecule has 0 aliphatic carbocycles.